The molecule has 0 saturated carbocycles. The van der Waals surface area contributed by atoms with E-state index in [1.807, 2.05) is 66.7 Å². The maximum absolute atomic E-state index is 13.2. The zero-order chi connectivity index (χ0) is 24.1. The van der Waals surface area contributed by atoms with Crippen LogP contribution in [-0.2, 0) is 11.4 Å². The van der Waals surface area contributed by atoms with Crippen LogP contribution in [0.2, 0.25) is 5.02 Å². The van der Waals surface area contributed by atoms with E-state index in [2.05, 4.69) is 29.8 Å². The van der Waals surface area contributed by atoms with Crippen molar-refractivity contribution in [3.63, 3.8) is 0 Å². The number of aliphatic imine (C=N–C) groups is 1. The zero-order valence-corrected chi connectivity index (χ0v) is 22.0. The van der Waals surface area contributed by atoms with E-state index in [0.29, 0.717) is 34.2 Å². The predicted octanol–water partition coefficient (Wildman–Crippen LogP) is 7.94. The molecule has 0 aliphatic carbocycles. The Hall–Kier alpha value is -2.54. The first-order valence-corrected chi connectivity index (χ1v) is 12.9. The Bertz CT molecular complexity index is 1210. The fraction of sp³-hybridized carbons (Fsp3) is 0.185. The Kier molecular flexibility index (Phi) is 8.14. The normalized spacial score (nSPS) is 16.1. The highest BCUT2D eigenvalue weighted by molar-refractivity contribution is 9.10. The van der Waals surface area contributed by atoms with Gasteiger partial charge < -0.3 is 4.74 Å². The maximum Gasteiger partial charge on any atom is 0.266 e. The van der Waals surface area contributed by atoms with Crippen LogP contribution in [0, 0.1) is 5.92 Å². The topological polar surface area (TPSA) is 41.9 Å². The first-order valence-electron chi connectivity index (χ1n) is 10.9. The first kappa shape index (κ1) is 24.6. The molecule has 7 heteroatoms. The van der Waals surface area contributed by atoms with Crippen LogP contribution in [0.3, 0.4) is 0 Å². The van der Waals surface area contributed by atoms with Crippen LogP contribution >= 0.6 is 39.3 Å². The molecule has 174 valence electrons. The summed E-state index contributed by atoms with van der Waals surface area (Å²) in [6.45, 7) is 5.29. The fourth-order valence-electron chi connectivity index (χ4n) is 3.30. The van der Waals surface area contributed by atoms with Crippen LogP contribution in [0.1, 0.15) is 25.0 Å². The highest BCUT2D eigenvalue weighted by atomic mass is 79.9. The highest BCUT2D eigenvalue weighted by Crippen LogP contribution is 2.35. The molecule has 34 heavy (non-hydrogen) atoms. The third-order valence-corrected chi connectivity index (χ3v) is 6.77. The second-order valence-corrected chi connectivity index (χ2v) is 10.6. The zero-order valence-electron chi connectivity index (χ0n) is 18.9. The molecule has 4 nitrogen and oxygen atoms in total. The summed E-state index contributed by atoms with van der Waals surface area (Å²) in [6.07, 6.45) is 1.91. The van der Waals surface area contributed by atoms with Crippen molar-refractivity contribution in [3.05, 3.63) is 98.3 Å². The van der Waals surface area contributed by atoms with E-state index in [-0.39, 0.29) is 5.91 Å². The molecule has 3 aromatic rings. The van der Waals surface area contributed by atoms with Gasteiger partial charge in [-0.3, -0.25) is 9.69 Å². The Labute approximate surface area is 217 Å². The molecule has 0 bridgehead atoms. The van der Waals surface area contributed by atoms with Crippen molar-refractivity contribution in [1.29, 1.82) is 0 Å². The third-order valence-electron chi connectivity index (χ3n) is 4.98. The minimum Gasteiger partial charge on any atom is -0.489 e. The number of thioether (sulfide) groups is 1. The van der Waals surface area contributed by atoms with Crippen LogP contribution in [0.25, 0.3) is 6.08 Å². The number of carbonyl (C=O) groups excluding carboxylic acids is 1. The molecule has 0 aromatic heterocycles. The molecule has 0 unspecified atom stereocenters. The van der Waals surface area contributed by atoms with Crippen molar-refractivity contribution >= 4 is 62.1 Å². The standard InChI is InChI=1S/C27H24BrClN2O2S/c1-18(2)16-31-26(32)25(34-27(31)30-23-11-9-22(29)10-12-23)15-19-5-13-24(14-6-19)33-17-20-3-7-21(28)8-4-20/h3-15,18H,16-17H2,1-2H3/b25-15-,30-27?. The molecule has 1 amide bonds. The number of hydrogen-bond acceptors (Lipinski definition) is 4. The van der Waals surface area contributed by atoms with E-state index in [1.54, 1.807) is 17.0 Å². The number of halogens is 2. The lowest BCUT2D eigenvalue weighted by atomic mass is 10.2. The van der Waals surface area contributed by atoms with Crippen molar-refractivity contribution in [3.8, 4) is 5.75 Å². The number of amides is 1. The quantitative estimate of drug-likeness (QED) is 0.278. The van der Waals surface area contributed by atoms with Gasteiger partial charge in [0.15, 0.2) is 5.17 Å². The van der Waals surface area contributed by atoms with E-state index < -0.39 is 0 Å². The maximum atomic E-state index is 13.2. The average Bonchev–Trinajstić information content (AvgIpc) is 3.09. The van der Waals surface area contributed by atoms with Crippen LogP contribution < -0.4 is 4.74 Å². The SMILES string of the molecule is CC(C)CN1C(=O)/C(=C/c2ccc(OCc3ccc(Br)cc3)cc2)SC1=Nc1ccc(Cl)cc1. The minimum absolute atomic E-state index is 0.0259. The summed E-state index contributed by atoms with van der Waals surface area (Å²) in [4.78, 5) is 20.3. The molecule has 0 atom stereocenters. The van der Waals surface area contributed by atoms with Gasteiger partial charge in [-0.2, -0.15) is 0 Å². The van der Waals surface area contributed by atoms with Crippen molar-refractivity contribution < 1.29 is 9.53 Å². The van der Waals surface area contributed by atoms with Crippen LogP contribution in [0.15, 0.2) is 87.2 Å². The van der Waals surface area contributed by atoms with Gasteiger partial charge in [0.25, 0.3) is 5.91 Å². The van der Waals surface area contributed by atoms with Gasteiger partial charge in [0.2, 0.25) is 0 Å². The number of nitrogens with zero attached hydrogens (tertiary/aromatic N) is 2. The molecule has 1 heterocycles. The van der Waals surface area contributed by atoms with Gasteiger partial charge in [-0.1, -0.05) is 65.6 Å². The lowest BCUT2D eigenvalue weighted by molar-refractivity contribution is -0.122. The number of hydrogen-bond donors (Lipinski definition) is 0. The Balaban J connectivity index is 1.49. The van der Waals surface area contributed by atoms with E-state index >= 15 is 0 Å². The summed E-state index contributed by atoms with van der Waals surface area (Å²) in [5, 5.41) is 1.34. The lowest BCUT2D eigenvalue weighted by Gasteiger charge is -2.17. The number of rotatable bonds is 7. The first-order chi connectivity index (χ1) is 16.4. The summed E-state index contributed by atoms with van der Waals surface area (Å²) < 4.78 is 6.93. The molecule has 1 saturated heterocycles. The van der Waals surface area contributed by atoms with Gasteiger partial charge in [-0.05, 0) is 83.4 Å². The molecule has 3 aromatic carbocycles. The third kappa shape index (κ3) is 6.53. The van der Waals surface area contributed by atoms with Crippen molar-refractivity contribution in [2.45, 2.75) is 20.5 Å². The van der Waals surface area contributed by atoms with Gasteiger partial charge in [0.1, 0.15) is 12.4 Å². The molecule has 0 N–H and O–H groups in total. The second-order valence-electron chi connectivity index (χ2n) is 8.28. The largest absolute Gasteiger partial charge is 0.489 e. The van der Waals surface area contributed by atoms with Gasteiger partial charge in [-0.15, -0.1) is 0 Å². The smallest absolute Gasteiger partial charge is 0.266 e. The summed E-state index contributed by atoms with van der Waals surface area (Å²) in [5.74, 6) is 1.07. The molecule has 1 fully saturated rings. The van der Waals surface area contributed by atoms with Gasteiger partial charge in [0.05, 0.1) is 10.6 Å². The summed E-state index contributed by atoms with van der Waals surface area (Å²) in [6, 6.07) is 23.1. The van der Waals surface area contributed by atoms with Crippen LogP contribution in [0.4, 0.5) is 5.69 Å². The van der Waals surface area contributed by atoms with E-state index in [1.165, 1.54) is 11.8 Å². The highest BCUT2D eigenvalue weighted by Gasteiger charge is 2.33. The second kappa shape index (κ2) is 11.3. The molecule has 1 aliphatic rings. The Morgan fingerprint density at radius 1 is 1.03 bits per heavy atom. The van der Waals surface area contributed by atoms with Crippen molar-refractivity contribution in [2.75, 3.05) is 6.54 Å². The van der Waals surface area contributed by atoms with Crippen molar-refractivity contribution in [2.24, 2.45) is 10.9 Å². The van der Waals surface area contributed by atoms with Crippen LogP contribution in [-0.4, -0.2) is 22.5 Å². The number of amidine groups is 1. The molecule has 1 aliphatic heterocycles. The number of carbonyl (C=O) groups is 1. The lowest BCUT2D eigenvalue weighted by Crippen LogP contribution is -2.32. The minimum atomic E-state index is -0.0259. The van der Waals surface area contributed by atoms with Crippen molar-refractivity contribution in [1.82, 2.24) is 4.90 Å². The number of benzene rings is 3. The number of ether oxygens (including phenoxy) is 1. The molecular formula is C27H24BrClN2O2S. The molecule has 4 rings (SSSR count). The summed E-state index contributed by atoms with van der Waals surface area (Å²) in [7, 11) is 0. The van der Waals surface area contributed by atoms with E-state index in [0.717, 1.165) is 27.0 Å². The van der Waals surface area contributed by atoms with Gasteiger partial charge in [-0.25, -0.2) is 4.99 Å². The predicted molar refractivity (Wildman–Crippen MR) is 146 cm³/mol. The Morgan fingerprint density at radius 3 is 2.35 bits per heavy atom. The van der Waals surface area contributed by atoms with E-state index in [4.69, 9.17) is 21.3 Å². The Morgan fingerprint density at radius 2 is 1.71 bits per heavy atom. The van der Waals surface area contributed by atoms with Crippen LogP contribution in [0.5, 0.6) is 5.75 Å². The van der Waals surface area contributed by atoms with Gasteiger partial charge in [0, 0.05) is 16.0 Å². The summed E-state index contributed by atoms with van der Waals surface area (Å²) in [5.41, 5.74) is 2.80. The monoisotopic (exact) mass is 554 g/mol. The molecule has 0 spiro atoms. The average molecular weight is 556 g/mol. The van der Waals surface area contributed by atoms with Gasteiger partial charge >= 0.3 is 0 Å². The molecule has 0 radical (unpaired) electrons. The van der Waals surface area contributed by atoms with E-state index in [9.17, 15) is 4.79 Å². The molecular weight excluding hydrogens is 532 g/mol. The summed E-state index contributed by atoms with van der Waals surface area (Å²) >= 11 is 10.8. The fourth-order valence-corrected chi connectivity index (χ4v) is 4.70.